The summed E-state index contributed by atoms with van der Waals surface area (Å²) in [6.07, 6.45) is 5.73. The molecule has 1 aromatic rings. The van der Waals surface area contributed by atoms with Crippen molar-refractivity contribution in [1.82, 2.24) is 4.90 Å². The van der Waals surface area contributed by atoms with Gasteiger partial charge in [-0.05, 0) is 74.4 Å². The Kier molecular flexibility index (Phi) is 5.30. The van der Waals surface area contributed by atoms with E-state index in [0.717, 1.165) is 26.1 Å². The van der Waals surface area contributed by atoms with E-state index in [1.54, 1.807) is 12.1 Å². The zero-order valence-corrected chi connectivity index (χ0v) is 12.7. The van der Waals surface area contributed by atoms with Gasteiger partial charge in [0.05, 0.1) is 0 Å². The molecule has 3 heteroatoms. The van der Waals surface area contributed by atoms with E-state index in [1.807, 2.05) is 0 Å². The van der Waals surface area contributed by atoms with Crippen molar-refractivity contribution in [1.29, 1.82) is 0 Å². The molecule has 112 valence electrons. The van der Waals surface area contributed by atoms with Gasteiger partial charge < -0.3 is 15.1 Å². The molecule has 0 amide bonds. The predicted molar refractivity (Wildman–Crippen MR) is 82.5 cm³/mol. The van der Waals surface area contributed by atoms with Crippen LogP contribution in [-0.2, 0) is 6.42 Å². The maximum absolute atomic E-state index is 9.77. The molecule has 0 saturated heterocycles. The average molecular weight is 277 g/mol. The number of rotatable bonds is 6. The first kappa shape index (κ1) is 15.2. The molecule has 1 aliphatic carbocycles. The van der Waals surface area contributed by atoms with Gasteiger partial charge in [0, 0.05) is 6.54 Å². The van der Waals surface area contributed by atoms with Crippen LogP contribution in [0.2, 0.25) is 0 Å². The standard InChI is InChI=1S/C17H27NO2/c1-3-8-18(9-4-2)12-14-7-5-6-13-10-16(19)17(20)11-15(13)14/h10-11,14,19-20H,3-9,12H2,1-2H3. The van der Waals surface area contributed by atoms with E-state index >= 15 is 0 Å². The van der Waals surface area contributed by atoms with E-state index in [1.165, 1.54) is 36.8 Å². The normalized spacial score (nSPS) is 18.2. The predicted octanol–water partition coefficient (Wildman–Crippen LogP) is 3.64. The number of benzene rings is 1. The molecule has 0 aliphatic heterocycles. The van der Waals surface area contributed by atoms with Gasteiger partial charge in [0.1, 0.15) is 0 Å². The second kappa shape index (κ2) is 6.98. The van der Waals surface area contributed by atoms with Crippen LogP contribution in [0.15, 0.2) is 12.1 Å². The highest BCUT2D eigenvalue weighted by atomic mass is 16.3. The van der Waals surface area contributed by atoms with E-state index in [-0.39, 0.29) is 11.5 Å². The third-order valence-electron chi connectivity index (χ3n) is 4.23. The summed E-state index contributed by atoms with van der Waals surface area (Å²) in [7, 11) is 0. The highest BCUT2D eigenvalue weighted by Crippen LogP contribution is 2.38. The van der Waals surface area contributed by atoms with Crippen LogP contribution in [0.5, 0.6) is 11.5 Å². The summed E-state index contributed by atoms with van der Waals surface area (Å²) >= 11 is 0. The molecule has 1 atom stereocenters. The lowest BCUT2D eigenvalue weighted by Gasteiger charge is -2.31. The van der Waals surface area contributed by atoms with Gasteiger partial charge >= 0.3 is 0 Å². The van der Waals surface area contributed by atoms with Gasteiger partial charge in [0.25, 0.3) is 0 Å². The van der Waals surface area contributed by atoms with Crippen molar-refractivity contribution in [3.63, 3.8) is 0 Å². The summed E-state index contributed by atoms with van der Waals surface area (Å²) in [6, 6.07) is 3.53. The van der Waals surface area contributed by atoms with Gasteiger partial charge in [0.2, 0.25) is 0 Å². The van der Waals surface area contributed by atoms with Crippen molar-refractivity contribution < 1.29 is 10.2 Å². The van der Waals surface area contributed by atoms with E-state index in [2.05, 4.69) is 18.7 Å². The Morgan fingerprint density at radius 3 is 2.40 bits per heavy atom. The van der Waals surface area contributed by atoms with Crippen molar-refractivity contribution in [2.24, 2.45) is 0 Å². The zero-order valence-electron chi connectivity index (χ0n) is 12.7. The molecule has 0 heterocycles. The Morgan fingerprint density at radius 2 is 1.75 bits per heavy atom. The van der Waals surface area contributed by atoms with Gasteiger partial charge in [-0.2, -0.15) is 0 Å². The quantitative estimate of drug-likeness (QED) is 0.780. The van der Waals surface area contributed by atoms with Crippen molar-refractivity contribution in [2.75, 3.05) is 19.6 Å². The van der Waals surface area contributed by atoms with E-state index in [4.69, 9.17) is 0 Å². The van der Waals surface area contributed by atoms with Crippen molar-refractivity contribution >= 4 is 0 Å². The lowest BCUT2D eigenvalue weighted by Crippen LogP contribution is -2.31. The fraction of sp³-hybridized carbons (Fsp3) is 0.647. The molecular formula is C17H27NO2. The Labute approximate surface area is 122 Å². The van der Waals surface area contributed by atoms with Gasteiger partial charge in [0.15, 0.2) is 11.5 Å². The van der Waals surface area contributed by atoms with Crippen LogP contribution >= 0.6 is 0 Å². The first-order chi connectivity index (χ1) is 9.65. The average Bonchev–Trinajstić information content (AvgIpc) is 2.41. The second-order valence-corrected chi connectivity index (χ2v) is 5.93. The Hall–Kier alpha value is -1.22. The molecule has 0 spiro atoms. The van der Waals surface area contributed by atoms with Crippen LogP contribution in [-0.4, -0.2) is 34.7 Å². The lowest BCUT2D eigenvalue weighted by atomic mass is 9.82. The minimum absolute atomic E-state index is 0.0170. The molecule has 0 fully saturated rings. The summed E-state index contributed by atoms with van der Waals surface area (Å²) in [5.74, 6) is 0.528. The SMILES string of the molecule is CCCN(CCC)CC1CCCc2cc(O)c(O)cc21. The number of phenolic OH excluding ortho intramolecular Hbond substituents is 2. The highest BCUT2D eigenvalue weighted by Gasteiger charge is 2.23. The minimum atomic E-state index is 0.0170. The second-order valence-electron chi connectivity index (χ2n) is 5.93. The molecule has 0 radical (unpaired) electrons. The van der Waals surface area contributed by atoms with Gasteiger partial charge in [-0.3, -0.25) is 0 Å². The fourth-order valence-electron chi connectivity index (χ4n) is 3.36. The Bertz CT molecular complexity index is 439. The van der Waals surface area contributed by atoms with Crippen LogP contribution in [0.3, 0.4) is 0 Å². The van der Waals surface area contributed by atoms with Crippen LogP contribution in [0.1, 0.15) is 56.6 Å². The maximum Gasteiger partial charge on any atom is 0.157 e. The van der Waals surface area contributed by atoms with Crippen molar-refractivity contribution in [3.05, 3.63) is 23.3 Å². The minimum Gasteiger partial charge on any atom is -0.504 e. The third-order valence-corrected chi connectivity index (χ3v) is 4.23. The number of aromatic hydroxyl groups is 2. The summed E-state index contributed by atoms with van der Waals surface area (Å²) < 4.78 is 0. The number of hydrogen-bond acceptors (Lipinski definition) is 3. The van der Waals surface area contributed by atoms with Crippen molar-refractivity contribution in [2.45, 2.75) is 51.9 Å². The monoisotopic (exact) mass is 277 g/mol. The molecule has 0 saturated carbocycles. The molecule has 20 heavy (non-hydrogen) atoms. The highest BCUT2D eigenvalue weighted by molar-refractivity contribution is 5.47. The van der Waals surface area contributed by atoms with Crippen LogP contribution in [0.25, 0.3) is 0 Å². The summed E-state index contributed by atoms with van der Waals surface area (Å²) in [5, 5.41) is 19.4. The van der Waals surface area contributed by atoms with Crippen LogP contribution in [0.4, 0.5) is 0 Å². The van der Waals surface area contributed by atoms with Gasteiger partial charge in [-0.1, -0.05) is 13.8 Å². The molecule has 1 unspecified atom stereocenters. The molecule has 2 N–H and O–H groups in total. The Balaban J connectivity index is 2.16. The number of hydrogen-bond donors (Lipinski definition) is 2. The number of fused-ring (bicyclic) bond motifs is 1. The molecule has 0 bridgehead atoms. The number of aryl methyl sites for hydroxylation is 1. The van der Waals surface area contributed by atoms with Crippen LogP contribution < -0.4 is 0 Å². The van der Waals surface area contributed by atoms with Gasteiger partial charge in [-0.15, -0.1) is 0 Å². The largest absolute Gasteiger partial charge is 0.504 e. The fourth-order valence-corrected chi connectivity index (χ4v) is 3.36. The first-order valence-electron chi connectivity index (χ1n) is 7.92. The summed E-state index contributed by atoms with van der Waals surface area (Å²) in [5.41, 5.74) is 2.45. The molecule has 1 aliphatic rings. The molecule has 2 rings (SSSR count). The molecule has 3 nitrogen and oxygen atoms in total. The molecule has 1 aromatic carbocycles. The maximum atomic E-state index is 9.77. The molecular weight excluding hydrogens is 250 g/mol. The lowest BCUT2D eigenvalue weighted by molar-refractivity contribution is 0.248. The van der Waals surface area contributed by atoms with E-state index in [9.17, 15) is 10.2 Å². The topological polar surface area (TPSA) is 43.7 Å². The Morgan fingerprint density at radius 1 is 1.10 bits per heavy atom. The third kappa shape index (κ3) is 3.45. The smallest absolute Gasteiger partial charge is 0.157 e. The number of phenols is 2. The first-order valence-corrected chi connectivity index (χ1v) is 7.92. The zero-order chi connectivity index (χ0) is 14.5. The van der Waals surface area contributed by atoms with E-state index in [0.29, 0.717) is 5.92 Å². The van der Waals surface area contributed by atoms with Gasteiger partial charge in [-0.25, -0.2) is 0 Å². The van der Waals surface area contributed by atoms with E-state index < -0.39 is 0 Å². The summed E-state index contributed by atoms with van der Waals surface area (Å²) in [4.78, 5) is 2.53. The number of nitrogens with zero attached hydrogens (tertiary/aromatic N) is 1. The summed E-state index contributed by atoms with van der Waals surface area (Å²) in [6.45, 7) is 7.80. The molecule has 0 aromatic heterocycles. The van der Waals surface area contributed by atoms with Crippen molar-refractivity contribution in [3.8, 4) is 11.5 Å². The van der Waals surface area contributed by atoms with Crippen LogP contribution in [0, 0.1) is 0 Å².